The molecule has 0 saturated heterocycles. The van der Waals surface area contributed by atoms with Gasteiger partial charge in [-0.15, -0.1) is 0 Å². The van der Waals surface area contributed by atoms with Crippen molar-refractivity contribution in [3.8, 4) is 0 Å². The maximum absolute atomic E-state index is 9.59. The highest BCUT2D eigenvalue weighted by atomic mass is 79.9. The number of benzene rings is 1. The van der Waals surface area contributed by atoms with Crippen molar-refractivity contribution < 1.29 is 9.84 Å². The van der Waals surface area contributed by atoms with E-state index in [4.69, 9.17) is 4.74 Å². The molecular weight excluding hydrogens is 306 g/mol. The molecule has 0 saturated carbocycles. The number of anilines is 1. The summed E-state index contributed by atoms with van der Waals surface area (Å²) in [5.74, 6) is 0. The first-order valence-electron chi connectivity index (χ1n) is 6.51. The van der Waals surface area contributed by atoms with Crippen LogP contribution in [0, 0.1) is 0 Å². The Balaban J connectivity index is 2.11. The number of nitrogens with zero attached hydrogens (tertiary/aromatic N) is 1. The van der Waals surface area contributed by atoms with Gasteiger partial charge >= 0.3 is 0 Å². The van der Waals surface area contributed by atoms with Gasteiger partial charge in [-0.1, -0.05) is 12.1 Å². The normalized spacial score (nSPS) is 17.3. The number of aliphatic hydroxyl groups is 1. The van der Waals surface area contributed by atoms with E-state index in [-0.39, 0.29) is 0 Å². The SMILES string of the molecule is COCC1=CCN(c2ccc([C@@H](C)O)cc2Br)CC1. The number of halogens is 1. The Hall–Kier alpha value is -0.840. The van der Waals surface area contributed by atoms with Crippen LogP contribution in [0.3, 0.4) is 0 Å². The summed E-state index contributed by atoms with van der Waals surface area (Å²) in [5.41, 5.74) is 3.48. The molecule has 1 aliphatic rings. The van der Waals surface area contributed by atoms with Gasteiger partial charge in [-0.05, 0) is 52.5 Å². The van der Waals surface area contributed by atoms with Crippen molar-refractivity contribution in [1.82, 2.24) is 0 Å². The second-order valence-electron chi connectivity index (χ2n) is 4.88. The second kappa shape index (κ2) is 6.55. The van der Waals surface area contributed by atoms with Crippen molar-refractivity contribution in [1.29, 1.82) is 0 Å². The van der Waals surface area contributed by atoms with Gasteiger partial charge in [0.2, 0.25) is 0 Å². The highest BCUT2D eigenvalue weighted by Gasteiger charge is 2.15. The summed E-state index contributed by atoms with van der Waals surface area (Å²) in [4.78, 5) is 2.33. The Bertz CT molecular complexity index is 471. The van der Waals surface area contributed by atoms with Crippen molar-refractivity contribution in [2.75, 3.05) is 31.7 Å². The van der Waals surface area contributed by atoms with E-state index in [9.17, 15) is 5.11 Å². The number of ether oxygens (including phenoxy) is 1. The maximum atomic E-state index is 9.59. The molecule has 1 heterocycles. The standard InChI is InChI=1S/C15H20BrNO2/c1-11(18)13-3-4-15(14(16)9-13)17-7-5-12(6-8-17)10-19-2/h3-5,9,11,18H,6-8,10H2,1-2H3/t11-/m1/s1. The molecule has 0 unspecified atom stereocenters. The number of aliphatic hydroxyl groups excluding tert-OH is 1. The first-order valence-corrected chi connectivity index (χ1v) is 7.30. The lowest BCUT2D eigenvalue weighted by atomic mass is 10.1. The van der Waals surface area contributed by atoms with Crippen molar-refractivity contribution in [3.63, 3.8) is 0 Å². The number of rotatable bonds is 4. The molecule has 0 radical (unpaired) electrons. The summed E-state index contributed by atoms with van der Waals surface area (Å²) >= 11 is 3.60. The first kappa shape index (κ1) is 14.6. The molecule has 0 bridgehead atoms. The van der Waals surface area contributed by atoms with E-state index in [1.165, 1.54) is 11.3 Å². The number of hydrogen-bond acceptors (Lipinski definition) is 3. The summed E-state index contributed by atoms with van der Waals surface area (Å²) < 4.78 is 6.20. The van der Waals surface area contributed by atoms with Gasteiger partial charge in [-0.2, -0.15) is 0 Å². The van der Waals surface area contributed by atoms with Crippen LogP contribution in [0.15, 0.2) is 34.3 Å². The van der Waals surface area contributed by atoms with E-state index in [2.05, 4.69) is 33.0 Å². The van der Waals surface area contributed by atoms with Crippen LogP contribution in [0.5, 0.6) is 0 Å². The second-order valence-corrected chi connectivity index (χ2v) is 5.73. The van der Waals surface area contributed by atoms with Crippen molar-refractivity contribution >= 4 is 21.6 Å². The zero-order chi connectivity index (χ0) is 13.8. The summed E-state index contributed by atoms with van der Waals surface area (Å²) in [6.45, 7) is 4.42. The molecule has 1 aromatic carbocycles. The molecule has 1 atom stereocenters. The van der Waals surface area contributed by atoms with E-state index in [1.54, 1.807) is 14.0 Å². The topological polar surface area (TPSA) is 32.7 Å². The zero-order valence-electron chi connectivity index (χ0n) is 11.4. The summed E-state index contributed by atoms with van der Waals surface area (Å²) in [5, 5.41) is 9.59. The third-order valence-corrected chi connectivity index (χ3v) is 4.06. The monoisotopic (exact) mass is 325 g/mol. The average Bonchev–Trinajstić information content (AvgIpc) is 2.40. The predicted molar refractivity (Wildman–Crippen MR) is 81.6 cm³/mol. The molecule has 0 aromatic heterocycles. The fraction of sp³-hybridized carbons (Fsp3) is 0.467. The minimum Gasteiger partial charge on any atom is -0.389 e. The summed E-state index contributed by atoms with van der Waals surface area (Å²) in [6, 6.07) is 6.05. The van der Waals surface area contributed by atoms with Gasteiger partial charge in [0, 0.05) is 24.7 Å². The molecular formula is C15H20BrNO2. The maximum Gasteiger partial charge on any atom is 0.0762 e. The highest BCUT2D eigenvalue weighted by molar-refractivity contribution is 9.10. The smallest absolute Gasteiger partial charge is 0.0762 e. The fourth-order valence-corrected chi connectivity index (χ4v) is 2.93. The highest BCUT2D eigenvalue weighted by Crippen LogP contribution is 2.31. The lowest BCUT2D eigenvalue weighted by Crippen LogP contribution is -2.29. The molecule has 1 aromatic rings. The molecule has 1 aliphatic heterocycles. The molecule has 0 fully saturated rings. The molecule has 104 valence electrons. The van der Waals surface area contributed by atoms with Crippen molar-refractivity contribution in [2.45, 2.75) is 19.4 Å². The molecule has 2 rings (SSSR count). The Labute approximate surface area is 123 Å². The van der Waals surface area contributed by atoms with Crippen LogP contribution < -0.4 is 4.90 Å². The van der Waals surface area contributed by atoms with Crippen LogP contribution >= 0.6 is 15.9 Å². The van der Waals surface area contributed by atoms with Gasteiger partial charge in [0.05, 0.1) is 18.4 Å². The van der Waals surface area contributed by atoms with Crippen LogP contribution in [0.25, 0.3) is 0 Å². The largest absolute Gasteiger partial charge is 0.389 e. The van der Waals surface area contributed by atoms with Crippen LogP contribution in [-0.2, 0) is 4.74 Å². The molecule has 1 N–H and O–H groups in total. The van der Waals surface area contributed by atoms with E-state index in [1.807, 2.05) is 12.1 Å². The minimum atomic E-state index is -0.431. The van der Waals surface area contributed by atoms with Gasteiger partial charge in [0.15, 0.2) is 0 Å². The van der Waals surface area contributed by atoms with E-state index in [0.29, 0.717) is 0 Å². The van der Waals surface area contributed by atoms with E-state index in [0.717, 1.165) is 36.2 Å². The Morgan fingerprint density at radius 1 is 1.47 bits per heavy atom. The van der Waals surface area contributed by atoms with Gasteiger partial charge in [0.25, 0.3) is 0 Å². The third-order valence-electron chi connectivity index (χ3n) is 3.43. The van der Waals surface area contributed by atoms with Gasteiger partial charge in [0.1, 0.15) is 0 Å². The van der Waals surface area contributed by atoms with Gasteiger partial charge < -0.3 is 14.7 Å². The molecule has 3 nitrogen and oxygen atoms in total. The Kier molecular flexibility index (Phi) is 5.02. The zero-order valence-corrected chi connectivity index (χ0v) is 13.0. The minimum absolute atomic E-state index is 0.431. The lowest BCUT2D eigenvalue weighted by molar-refractivity contribution is 0.199. The molecule has 0 spiro atoms. The molecule has 0 amide bonds. The lowest BCUT2D eigenvalue weighted by Gasteiger charge is -2.29. The number of methoxy groups -OCH3 is 1. The number of hydrogen-bond donors (Lipinski definition) is 1. The third kappa shape index (κ3) is 3.59. The van der Waals surface area contributed by atoms with Crippen molar-refractivity contribution in [3.05, 3.63) is 39.9 Å². The van der Waals surface area contributed by atoms with Crippen LogP contribution in [0.1, 0.15) is 25.0 Å². The van der Waals surface area contributed by atoms with Gasteiger partial charge in [-0.25, -0.2) is 0 Å². The summed E-state index contributed by atoms with van der Waals surface area (Å²) in [6.07, 6.45) is 2.85. The van der Waals surface area contributed by atoms with Crippen molar-refractivity contribution in [2.24, 2.45) is 0 Å². The fourth-order valence-electron chi connectivity index (χ4n) is 2.29. The predicted octanol–water partition coefficient (Wildman–Crippen LogP) is 3.29. The first-order chi connectivity index (χ1) is 9.11. The van der Waals surface area contributed by atoms with Crippen LogP contribution in [-0.4, -0.2) is 31.9 Å². The van der Waals surface area contributed by atoms with E-state index >= 15 is 0 Å². The van der Waals surface area contributed by atoms with Crippen LogP contribution in [0.2, 0.25) is 0 Å². The van der Waals surface area contributed by atoms with Gasteiger partial charge in [-0.3, -0.25) is 0 Å². The Morgan fingerprint density at radius 3 is 2.79 bits per heavy atom. The quantitative estimate of drug-likeness (QED) is 0.862. The van der Waals surface area contributed by atoms with Crippen LogP contribution in [0.4, 0.5) is 5.69 Å². The average molecular weight is 326 g/mol. The summed E-state index contributed by atoms with van der Waals surface area (Å²) in [7, 11) is 1.73. The molecule has 19 heavy (non-hydrogen) atoms. The molecule has 0 aliphatic carbocycles. The molecule has 4 heteroatoms. The van der Waals surface area contributed by atoms with E-state index < -0.39 is 6.10 Å². The Morgan fingerprint density at radius 2 is 2.26 bits per heavy atom.